The van der Waals surface area contributed by atoms with E-state index >= 15 is 0 Å². The Hall–Kier alpha value is -2.46. The van der Waals surface area contributed by atoms with Gasteiger partial charge in [-0.05, 0) is 36.4 Å². The molecule has 28 heavy (non-hydrogen) atoms. The van der Waals surface area contributed by atoms with Crippen LogP contribution in [0.1, 0.15) is 19.3 Å². The van der Waals surface area contributed by atoms with Crippen LogP contribution in [-0.4, -0.2) is 20.0 Å². The van der Waals surface area contributed by atoms with E-state index in [0.29, 0.717) is 9.21 Å². The Morgan fingerprint density at radius 1 is 0.821 bits per heavy atom. The Labute approximate surface area is 174 Å². The first-order chi connectivity index (χ1) is 13.4. The lowest BCUT2D eigenvalue weighted by Gasteiger charge is -2.09. The Morgan fingerprint density at radius 3 is 1.89 bits per heavy atom. The molecule has 4 rings (SSSR count). The Bertz CT molecular complexity index is 1190. The normalized spacial score (nSPS) is 12.4. The van der Waals surface area contributed by atoms with Crippen LogP contribution in [0.5, 0.6) is 0 Å². The number of nitrogens with one attached hydrogen (secondary N) is 2. The van der Waals surface area contributed by atoms with E-state index in [0.717, 1.165) is 34.0 Å². The predicted octanol–water partition coefficient (Wildman–Crippen LogP) is 4.25. The highest BCUT2D eigenvalue weighted by Crippen LogP contribution is 2.34. The number of thiophene rings is 2. The zero-order chi connectivity index (χ0) is 19.8. The van der Waals surface area contributed by atoms with Crippen molar-refractivity contribution < 1.29 is 18.0 Å². The summed E-state index contributed by atoms with van der Waals surface area (Å²) in [5, 5.41) is 6.11. The molecule has 6 nitrogen and oxygen atoms in total. The molecule has 0 spiro atoms. The molecule has 1 aliphatic heterocycles. The molecule has 1 aliphatic rings. The molecule has 3 heterocycles. The van der Waals surface area contributed by atoms with Crippen LogP contribution in [0.4, 0.5) is 11.4 Å². The molecule has 2 N–H and O–H groups in total. The number of allylic oxidation sites excluding steroid dienone is 1. The van der Waals surface area contributed by atoms with Gasteiger partial charge in [0, 0.05) is 0 Å². The molecule has 0 saturated heterocycles. The predicted molar refractivity (Wildman–Crippen MR) is 112 cm³/mol. The minimum atomic E-state index is -2.80. The lowest BCUT2D eigenvalue weighted by Crippen LogP contribution is -2.19. The van der Waals surface area contributed by atoms with Crippen LogP contribution in [0.3, 0.4) is 0 Å². The quantitative estimate of drug-likeness (QED) is 0.177. The largest absolute Gasteiger partial charge is 0.339 e. The summed E-state index contributed by atoms with van der Waals surface area (Å²) in [7, 11) is -2.80. The molecule has 1 aromatic carbocycles. The van der Waals surface area contributed by atoms with Crippen LogP contribution in [0.25, 0.3) is 0 Å². The molecule has 0 saturated carbocycles. The van der Waals surface area contributed by atoms with Gasteiger partial charge in [-0.15, -0.1) is 22.7 Å². The summed E-state index contributed by atoms with van der Waals surface area (Å²) in [6, 6.07) is 13.2. The van der Waals surface area contributed by atoms with E-state index in [9.17, 15) is 18.0 Å². The number of hydrogen-bond donors (Lipinski definition) is 3. The van der Waals surface area contributed by atoms with E-state index < -0.39 is 22.3 Å². The lowest BCUT2D eigenvalue weighted by molar-refractivity contribution is 0.0965. The molecule has 0 radical (unpaired) electrons. The standard InChI is InChI=1S/C18H11ClN2O4S3/c19-13-7-5-11(26-13)16(22)15(17(23)12-6-8-14(27-12)28(24)25)18-20-9-3-1-2-4-10(9)21-18/h1-8,20-21,28H. The fourth-order valence-corrected chi connectivity index (χ4v) is 5.16. The zero-order valence-corrected chi connectivity index (χ0v) is 17.2. The van der Waals surface area contributed by atoms with E-state index in [1.54, 1.807) is 12.1 Å². The van der Waals surface area contributed by atoms with Crippen LogP contribution >= 0.6 is 34.3 Å². The maximum Gasteiger partial charge on any atom is 0.210 e. The number of ketones is 2. The Balaban J connectivity index is 1.81. The van der Waals surface area contributed by atoms with E-state index in [1.807, 2.05) is 24.3 Å². The van der Waals surface area contributed by atoms with Crippen molar-refractivity contribution in [3.63, 3.8) is 0 Å². The number of carbonyl (C=O) groups is 2. The van der Waals surface area contributed by atoms with Crippen LogP contribution in [0, 0.1) is 0 Å². The Morgan fingerprint density at radius 2 is 1.39 bits per heavy atom. The fourth-order valence-electron chi connectivity index (χ4n) is 2.69. The van der Waals surface area contributed by atoms with Gasteiger partial charge in [0.15, 0.2) is 10.7 Å². The van der Waals surface area contributed by atoms with Crippen molar-refractivity contribution in [1.82, 2.24) is 0 Å². The minimum Gasteiger partial charge on any atom is -0.339 e. The highest BCUT2D eigenvalue weighted by atomic mass is 35.5. The first-order valence-electron chi connectivity index (χ1n) is 7.90. The maximum absolute atomic E-state index is 13.2. The molecule has 0 amide bonds. The van der Waals surface area contributed by atoms with E-state index in [1.165, 1.54) is 12.1 Å². The molecule has 0 aliphatic carbocycles. The van der Waals surface area contributed by atoms with Gasteiger partial charge < -0.3 is 10.6 Å². The number of anilines is 2. The molecule has 2 aromatic heterocycles. The molecule has 3 aromatic rings. The number of thiol groups is 1. The van der Waals surface area contributed by atoms with E-state index in [4.69, 9.17) is 11.6 Å². The van der Waals surface area contributed by atoms with Gasteiger partial charge in [0.1, 0.15) is 15.6 Å². The fraction of sp³-hybridized carbons (Fsp3) is 0. The summed E-state index contributed by atoms with van der Waals surface area (Å²) in [6.45, 7) is 0. The SMILES string of the molecule is O=C(C(C(=O)c1ccc([SH](=O)=O)s1)=C1Nc2ccccc2N1)c1ccc(Cl)s1. The second-order valence-corrected chi connectivity index (χ2v) is 9.80. The minimum absolute atomic E-state index is 0.0601. The van der Waals surface area contributed by atoms with E-state index in [2.05, 4.69) is 10.6 Å². The number of benzene rings is 1. The van der Waals surface area contributed by atoms with Crippen LogP contribution < -0.4 is 10.6 Å². The summed E-state index contributed by atoms with van der Waals surface area (Å²) in [5.41, 5.74) is 1.35. The number of Topliss-reactive ketones (excluding diaryl/α,β-unsaturated/α-hetero) is 2. The third-order valence-corrected chi connectivity index (χ3v) is 7.29. The van der Waals surface area contributed by atoms with Crippen LogP contribution in [0.2, 0.25) is 4.34 Å². The van der Waals surface area contributed by atoms with Gasteiger partial charge in [-0.2, -0.15) is 0 Å². The second kappa shape index (κ2) is 7.51. The summed E-state index contributed by atoms with van der Waals surface area (Å²) in [4.78, 5) is 26.8. The third-order valence-electron chi connectivity index (χ3n) is 3.94. The number of hydrogen-bond acceptors (Lipinski definition) is 8. The monoisotopic (exact) mass is 450 g/mol. The van der Waals surface area contributed by atoms with Crippen molar-refractivity contribution >= 4 is 67.9 Å². The molecule has 0 fully saturated rings. The smallest absolute Gasteiger partial charge is 0.210 e. The highest BCUT2D eigenvalue weighted by molar-refractivity contribution is 7.75. The number of halogens is 1. The van der Waals surface area contributed by atoms with Crippen LogP contribution in [0.15, 0.2) is 64.1 Å². The summed E-state index contributed by atoms with van der Waals surface area (Å²) < 4.78 is 22.9. The average Bonchev–Trinajstić information content (AvgIpc) is 3.40. The van der Waals surface area contributed by atoms with Crippen molar-refractivity contribution in [1.29, 1.82) is 0 Å². The van der Waals surface area contributed by atoms with Gasteiger partial charge in [-0.1, -0.05) is 23.7 Å². The Kier molecular flexibility index (Phi) is 5.07. The third kappa shape index (κ3) is 3.49. The number of carbonyl (C=O) groups excluding carboxylic acids is 2. The summed E-state index contributed by atoms with van der Waals surface area (Å²) in [6.07, 6.45) is 0. The number of para-hydroxylation sites is 2. The van der Waals surface area contributed by atoms with Crippen molar-refractivity contribution in [2.24, 2.45) is 0 Å². The molecule has 10 heteroatoms. The van der Waals surface area contributed by atoms with Gasteiger partial charge in [-0.25, -0.2) is 8.42 Å². The number of rotatable bonds is 5. The van der Waals surface area contributed by atoms with E-state index in [-0.39, 0.29) is 20.5 Å². The second-order valence-electron chi connectivity index (χ2n) is 5.70. The molecular weight excluding hydrogens is 440 g/mol. The van der Waals surface area contributed by atoms with Crippen molar-refractivity contribution in [3.05, 3.63) is 74.0 Å². The molecule has 0 unspecified atom stereocenters. The van der Waals surface area contributed by atoms with Gasteiger partial charge in [0.05, 0.1) is 25.5 Å². The van der Waals surface area contributed by atoms with Gasteiger partial charge >= 0.3 is 0 Å². The van der Waals surface area contributed by atoms with Gasteiger partial charge in [0.25, 0.3) is 0 Å². The molecular formula is C18H11ClN2O4S3. The van der Waals surface area contributed by atoms with Crippen molar-refractivity contribution in [3.8, 4) is 0 Å². The zero-order valence-electron chi connectivity index (χ0n) is 13.9. The summed E-state index contributed by atoms with van der Waals surface area (Å²) >= 11 is 7.84. The van der Waals surface area contributed by atoms with Crippen molar-refractivity contribution in [2.75, 3.05) is 10.6 Å². The van der Waals surface area contributed by atoms with Gasteiger partial charge in [0.2, 0.25) is 11.6 Å². The van der Waals surface area contributed by atoms with Crippen LogP contribution in [-0.2, 0) is 10.7 Å². The highest BCUT2D eigenvalue weighted by Gasteiger charge is 2.30. The van der Waals surface area contributed by atoms with Gasteiger partial charge in [-0.3, -0.25) is 9.59 Å². The topological polar surface area (TPSA) is 92.3 Å². The lowest BCUT2D eigenvalue weighted by atomic mass is 10.0. The number of fused-ring (bicyclic) bond motifs is 1. The summed E-state index contributed by atoms with van der Waals surface area (Å²) in [5.74, 6) is -0.807. The van der Waals surface area contributed by atoms with Crippen molar-refractivity contribution in [2.45, 2.75) is 4.21 Å². The molecule has 0 atom stereocenters. The first-order valence-corrected chi connectivity index (χ1v) is 11.1. The molecule has 0 bridgehead atoms. The average molecular weight is 451 g/mol. The maximum atomic E-state index is 13.2. The first kappa shape index (κ1) is 18.9. The molecule has 142 valence electrons.